The molecule has 6 rings (SSSR count). The average molecular weight is 527 g/mol. The summed E-state index contributed by atoms with van der Waals surface area (Å²) in [6, 6.07) is 6.85. The molecule has 2 aromatic heterocycles. The van der Waals surface area contributed by atoms with Crippen LogP contribution in [-0.4, -0.2) is 33.2 Å². The second kappa shape index (κ2) is 10.3. The van der Waals surface area contributed by atoms with Gasteiger partial charge < -0.3 is 0 Å². The quantitative estimate of drug-likeness (QED) is 0.521. The summed E-state index contributed by atoms with van der Waals surface area (Å²) in [7, 11) is 0. The Morgan fingerprint density at radius 3 is 2.10 bits per heavy atom. The highest BCUT2D eigenvalue weighted by Gasteiger charge is 2.59. The molecule has 8 nitrogen and oxygen atoms in total. The molecule has 6 atom stereocenters. The van der Waals surface area contributed by atoms with Crippen molar-refractivity contribution in [2.75, 3.05) is 0 Å². The number of carbonyl (C=O) groups excluding carboxylic acids is 2. The number of amides is 2. The minimum atomic E-state index is -0.177. The van der Waals surface area contributed by atoms with E-state index < -0.39 is 0 Å². The van der Waals surface area contributed by atoms with E-state index in [1.807, 2.05) is 0 Å². The molecule has 2 heterocycles. The number of hydrazone groups is 2. The molecule has 0 aliphatic heterocycles. The first-order valence-electron chi connectivity index (χ1n) is 14.4. The summed E-state index contributed by atoms with van der Waals surface area (Å²) >= 11 is 0. The second-order valence-electron chi connectivity index (χ2n) is 12.4. The van der Waals surface area contributed by atoms with Crippen molar-refractivity contribution < 1.29 is 9.59 Å². The van der Waals surface area contributed by atoms with Gasteiger partial charge in [-0.1, -0.05) is 13.8 Å². The second-order valence-corrected chi connectivity index (χ2v) is 12.4. The molecule has 4 saturated carbocycles. The number of hydrogen-bond acceptors (Lipinski definition) is 6. The molecule has 0 aromatic carbocycles. The topological polar surface area (TPSA) is 109 Å². The summed E-state index contributed by atoms with van der Waals surface area (Å²) in [6.07, 6.45) is 16.5. The van der Waals surface area contributed by atoms with Gasteiger partial charge >= 0.3 is 0 Å². The fourth-order valence-corrected chi connectivity index (χ4v) is 8.52. The van der Waals surface area contributed by atoms with Crippen LogP contribution in [0.5, 0.6) is 0 Å². The van der Waals surface area contributed by atoms with Crippen molar-refractivity contribution in [3.05, 3.63) is 60.2 Å². The number of hydrogen-bond donors (Lipinski definition) is 2. The highest BCUT2D eigenvalue weighted by Crippen LogP contribution is 2.65. The molecule has 39 heavy (non-hydrogen) atoms. The predicted octanol–water partition coefficient (Wildman–Crippen LogP) is 5.39. The summed E-state index contributed by atoms with van der Waals surface area (Å²) in [5, 5.41) is 9.26. The van der Waals surface area contributed by atoms with Gasteiger partial charge in [0, 0.05) is 52.8 Å². The fourth-order valence-electron chi connectivity index (χ4n) is 8.52. The van der Waals surface area contributed by atoms with Gasteiger partial charge in [0.05, 0.1) is 0 Å². The van der Waals surface area contributed by atoms with Crippen LogP contribution in [-0.2, 0) is 0 Å². The Hall–Kier alpha value is -3.42. The van der Waals surface area contributed by atoms with Crippen molar-refractivity contribution in [2.45, 2.75) is 71.6 Å². The molecule has 204 valence electrons. The van der Waals surface area contributed by atoms with E-state index in [1.54, 1.807) is 49.1 Å². The number of carbonyl (C=O) groups is 2. The molecular weight excluding hydrogens is 488 g/mol. The van der Waals surface area contributed by atoms with E-state index in [9.17, 15) is 9.59 Å². The Morgan fingerprint density at radius 1 is 0.795 bits per heavy atom. The maximum Gasteiger partial charge on any atom is 0.271 e. The standard InChI is InChI=1S/C31H38N6O2/c1-30-13-7-23(34-36-28(38)20-9-15-32-16-10-20)19-22(30)3-4-24-25-5-6-27(31(25,2)14-8-26(24)30)35-37-29(39)21-11-17-33-18-12-21/h9-12,15-18,22,24-26H,3-8,13-14,19H2,1-2H3,(H,36,38)(H,37,39)/t22-,24+,25+,26+,30-,31+/m0/s1. The van der Waals surface area contributed by atoms with Gasteiger partial charge in [-0.2, -0.15) is 10.2 Å². The maximum absolute atomic E-state index is 12.6. The van der Waals surface area contributed by atoms with E-state index >= 15 is 0 Å². The van der Waals surface area contributed by atoms with Gasteiger partial charge in [0.2, 0.25) is 0 Å². The van der Waals surface area contributed by atoms with Crippen LogP contribution in [0, 0.1) is 34.5 Å². The first kappa shape index (κ1) is 25.8. The average Bonchev–Trinajstić information content (AvgIpc) is 3.31. The van der Waals surface area contributed by atoms with Crippen LogP contribution in [0.25, 0.3) is 0 Å². The Balaban J connectivity index is 1.12. The van der Waals surface area contributed by atoms with E-state index in [1.165, 1.54) is 25.0 Å². The number of nitrogens with zero attached hydrogens (tertiary/aromatic N) is 4. The molecule has 2 amide bonds. The van der Waals surface area contributed by atoms with Crippen LogP contribution >= 0.6 is 0 Å². The fraction of sp³-hybridized carbons (Fsp3) is 0.548. The lowest BCUT2D eigenvalue weighted by atomic mass is 9.45. The summed E-state index contributed by atoms with van der Waals surface area (Å²) < 4.78 is 0. The highest BCUT2D eigenvalue weighted by molar-refractivity contribution is 5.97. The van der Waals surface area contributed by atoms with E-state index in [-0.39, 0.29) is 17.2 Å². The SMILES string of the molecule is C[C@]12CCC(=NNC(=O)c3ccncc3)C[C@@H]1CC[C@H]1[C@H]2CC[C@@]2(C)C(=NNC(=O)c3ccncc3)CC[C@H]12. The molecule has 4 fully saturated rings. The van der Waals surface area contributed by atoms with E-state index in [0.717, 1.165) is 44.2 Å². The van der Waals surface area contributed by atoms with Crippen LogP contribution in [0.3, 0.4) is 0 Å². The van der Waals surface area contributed by atoms with Crippen molar-refractivity contribution in [2.24, 2.45) is 44.7 Å². The zero-order valence-corrected chi connectivity index (χ0v) is 22.9. The van der Waals surface area contributed by atoms with Crippen molar-refractivity contribution in [1.29, 1.82) is 0 Å². The summed E-state index contributed by atoms with van der Waals surface area (Å²) in [5.74, 6) is 2.31. The first-order chi connectivity index (χ1) is 18.9. The number of nitrogens with one attached hydrogen (secondary N) is 2. The smallest absolute Gasteiger partial charge is 0.267 e. The lowest BCUT2D eigenvalue weighted by Crippen LogP contribution is -2.53. The van der Waals surface area contributed by atoms with Gasteiger partial charge in [0.25, 0.3) is 11.8 Å². The third-order valence-electron chi connectivity index (χ3n) is 10.7. The molecule has 4 aliphatic rings. The molecule has 2 N–H and O–H groups in total. The van der Waals surface area contributed by atoms with Gasteiger partial charge in [-0.05, 0) is 111 Å². The van der Waals surface area contributed by atoms with Gasteiger partial charge in [-0.15, -0.1) is 0 Å². The molecular formula is C31H38N6O2. The zero-order chi connectivity index (χ0) is 27.0. The third-order valence-corrected chi connectivity index (χ3v) is 10.7. The lowest BCUT2D eigenvalue weighted by Gasteiger charge is -2.59. The lowest BCUT2D eigenvalue weighted by molar-refractivity contribution is -0.0815. The molecule has 0 radical (unpaired) electrons. The summed E-state index contributed by atoms with van der Waals surface area (Å²) in [6.45, 7) is 4.92. The maximum atomic E-state index is 12.6. The number of fused-ring (bicyclic) bond motifs is 5. The molecule has 0 unspecified atom stereocenters. The van der Waals surface area contributed by atoms with Gasteiger partial charge in [0.1, 0.15) is 0 Å². The molecule has 2 aromatic rings. The van der Waals surface area contributed by atoms with E-state index in [0.29, 0.717) is 40.2 Å². The monoisotopic (exact) mass is 526 g/mol. The Kier molecular flexibility index (Phi) is 6.81. The van der Waals surface area contributed by atoms with Crippen LogP contribution < -0.4 is 10.9 Å². The van der Waals surface area contributed by atoms with E-state index in [4.69, 9.17) is 5.10 Å². The van der Waals surface area contributed by atoms with Crippen molar-refractivity contribution in [3.8, 4) is 0 Å². The normalized spacial score (nSPS) is 35.5. The molecule has 4 aliphatic carbocycles. The summed E-state index contributed by atoms with van der Waals surface area (Å²) in [4.78, 5) is 33.0. The Bertz CT molecular complexity index is 1290. The van der Waals surface area contributed by atoms with Crippen molar-refractivity contribution in [1.82, 2.24) is 20.8 Å². The molecule has 0 bridgehead atoms. The van der Waals surface area contributed by atoms with Crippen molar-refractivity contribution >= 4 is 23.2 Å². The third kappa shape index (κ3) is 4.68. The number of aromatic nitrogens is 2. The molecule has 0 saturated heterocycles. The predicted molar refractivity (Wildman–Crippen MR) is 150 cm³/mol. The van der Waals surface area contributed by atoms with Crippen LogP contribution in [0.2, 0.25) is 0 Å². The summed E-state index contributed by atoms with van der Waals surface area (Å²) in [5.41, 5.74) is 9.45. The van der Waals surface area contributed by atoms with E-state index in [2.05, 4.69) is 39.8 Å². The highest BCUT2D eigenvalue weighted by atomic mass is 16.2. The van der Waals surface area contributed by atoms with Crippen molar-refractivity contribution in [3.63, 3.8) is 0 Å². The Labute approximate surface area is 230 Å². The Morgan fingerprint density at radius 2 is 1.44 bits per heavy atom. The van der Waals surface area contributed by atoms with Gasteiger partial charge in [-0.3, -0.25) is 19.6 Å². The largest absolute Gasteiger partial charge is 0.271 e. The van der Waals surface area contributed by atoms with Gasteiger partial charge in [-0.25, -0.2) is 10.9 Å². The van der Waals surface area contributed by atoms with Crippen LogP contribution in [0.1, 0.15) is 92.4 Å². The molecule has 0 spiro atoms. The first-order valence-corrected chi connectivity index (χ1v) is 14.4. The zero-order valence-electron chi connectivity index (χ0n) is 22.9. The van der Waals surface area contributed by atoms with Gasteiger partial charge in [0.15, 0.2) is 0 Å². The minimum Gasteiger partial charge on any atom is -0.267 e. The molecule has 8 heteroatoms. The van der Waals surface area contributed by atoms with Crippen LogP contribution in [0.15, 0.2) is 59.3 Å². The minimum absolute atomic E-state index is 0.0639. The number of pyridine rings is 2. The van der Waals surface area contributed by atoms with Crippen LogP contribution in [0.4, 0.5) is 0 Å². The number of rotatable bonds is 4.